The van der Waals surface area contributed by atoms with Gasteiger partial charge in [0.2, 0.25) is 0 Å². The fraction of sp³-hybridized carbons (Fsp3) is 0.200. The highest BCUT2D eigenvalue weighted by Crippen LogP contribution is 2.31. The van der Waals surface area contributed by atoms with Gasteiger partial charge in [-0.3, -0.25) is 4.98 Å². The molecule has 2 aromatic carbocycles. The Labute approximate surface area is 203 Å². The molecule has 0 fully saturated rings. The molecule has 0 saturated heterocycles. The number of halogens is 1. The second-order valence-corrected chi connectivity index (χ2v) is 7.74. The smallest absolute Gasteiger partial charge is 0.288 e. The Morgan fingerprint density at radius 3 is 2.68 bits per heavy atom. The van der Waals surface area contributed by atoms with Crippen LogP contribution in [0.15, 0.2) is 72.1 Å². The lowest BCUT2D eigenvalue weighted by molar-refractivity contribution is 0.301. The minimum Gasteiger partial charge on any atom is -0.486 e. The molecule has 174 valence electrons. The summed E-state index contributed by atoms with van der Waals surface area (Å²) < 4.78 is 11.4. The number of aromatic nitrogens is 3. The molecule has 2 aromatic heterocycles. The van der Waals surface area contributed by atoms with E-state index in [0.717, 1.165) is 34.4 Å². The number of rotatable bonds is 8. The topological polar surface area (TPSA) is 93.5 Å². The van der Waals surface area contributed by atoms with Gasteiger partial charge in [-0.2, -0.15) is 0 Å². The van der Waals surface area contributed by atoms with Crippen molar-refractivity contribution in [3.8, 4) is 5.75 Å². The molecular formula is C25H25ClN6O2. The summed E-state index contributed by atoms with van der Waals surface area (Å²) in [5.41, 5.74) is 3.22. The summed E-state index contributed by atoms with van der Waals surface area (Å²) in [6.45, 7) is 2.97. The van der Waals surface area contributed by atoms with Crippen LogP contribution in [0.2, 0.25) is 5.02 Å². The van der Waals surface area contributed by atoms with Gasteiger partial charge in [0.15, 0.2) is 0 Å². The van der Waals surface area contributed by atoms with E-state index < -0.39 is 0 Å². The van der Waals surface area contributed by atoms with Crippen LogP contribution in [0.5, 0.6) is 5.75 Å². The lowest BCUT2D eigenvalue weighted by atomic mass is 10.2. The van der Waals surface area contributed by atoms with E-state index in [1.807, 2.05) is 55.5 Å². The van der Waals surface area contributed by atoms with Crippen LogP contribution in [0, 0.1) is 0 Å². The zero-order valence-corrected chi connectivity index (χ0v) is 19.7. The molecule has 0 saturated carbocycles. The Kier molecular flexibility index (Phi) is 7.72. The van der Waals surface area contributed by atoms with Crippen molar-refractivity contribution in [3.63, 3.8) is 0 Å². The first kappa shape index (κ1) is 23.3. The molecule has 0 aliphatic carbocycles. The maximum atomic E-state index is 6.46. The first-order valence-corrected chi connectivity index (χ1v) is 11.2. The Morgan fingerprint density at radius 2 is 1.91 bits per heavy atom. The van der Waals surface area contributed by atoms with E-state index in [0.29, 0.717) is 35.8 Å². The SMILES string of the molecule is CCCOC(=NC)Nc1ccc2ncnc(Nc3ccc(OCc4ccccn4)c(Cl)c3)c2c1. The maximum absolute atomic E-state index is 6.46. The Balaban J connectivity index is 1.51. The Hall–Kier alpha value is -3.91. The largest absolute Gasteiger partial charge is 0.486 e. The first-order chi connectivity index (χ1) is 16.7. The van der Waals surface area contributed by atoms with E-state index >= 15 is 0 Å². The van der Waals surface area contributed by atoms with Gasteiger partial charge in [0, 0.05) is 30.0 Å². The fourth-order valence-corrected chi connectivity index (χ4v) is 3.42. The number of nitrogens with one attached hydrogen (secondary N) is 2. The van der Waals surface area contributed by atoms with Gasteiger partial charge < -0.3 is 20.1 Å². The summed E-state index contributed by atoms with van der Waals surface area (Å²) >= 11 is 6.46. The molecule has 34 heavy (non-hydrogen) atoms. The molecule has 0 unspecified atom stereocenters. The van der Waals surface area contributed by atoms with Gasteiger partial charge in [-0.1, -0.05) is 24.6 Å². The van der Waals surface area contributed by atoms with Crippen molar-refractivity contribution in [1.29, 1.82) is 0 Å². The predicted octanol–water partition coefficient (Wildman–Crippen LogP) is 5.83. The number of amidine groups is 1. The molecule has 8 nitrogen and oxygen atoms in total. The second kappa shape index (κ2) is 11.3. The molecule has 0 atom stereocenters. The summed E-state index contributed by atoms with van der Waals surface area (Å²) in [6, 6.07) is 17.4. The van der Waals surface area contributed by atoms with Crippen LogP contribution < -0.4 is 15.4 Å². The lowest BCUT2D eigenvalue weighted by Crippen LogP contribution is -2.16. The van der Waals surface area contributed by atoms with Crippen molar-refractivity contribution in [3.05, 3.63) is 77.8 Å². The van der Waals surface area contributed by atoms with E-state index in [4.69, 9.17) is 21.1 Å². The third-order valence-electron chi connectivity index (χ3n) is 4.83. The first-order valence-electron chi connectivity index (χ1n) is 10.9. The number of hydrogen-bond donors (Lipinski definition) is 2. The van der Waals surface area contributed by atoms with Crippen molar-refractivity contribution in [1.82, 2.24) is 15.0 Å². The summed E-state index contributed by atoms with van der Waals surface area (Å²) in [6.07, 6.45) is 4.15. The van der Waals surface area contributed by atoms with E-state index in [1.165, 1.54) is 6.33 Å². The van der Waals surface area contributed by atoms with Gasteiger partial charge in [-0.05, 0) is 55.0 Å². The maximum Gasteiger partial charge on any atom is 0.288 e. The number of anilines is 3. The summed E-state index contributed by atoms with van der Waals surface area (Å²) in [4.78, 5) is 17.2. The zero-order valence-electron chi connectivity index (χ0n) is 19.0. The minimum absolute atomic E-state index is 0.338. The van der Waals surface area contributed by atoms with Crippen molar-refractivity contribution in [2.45, 2.75) is 20.0 Å². The van der Waals surface area contributed by atoms with Gasteiger partial charge in [-0.15, -0.1) is 0 Å². The van der Waals surface area contributed by atoms with Crippen LogP contribution in [0.4, 0.5) is 17.2 Å². The molecular weight excluding hydrogens is 452 g/mol. The highest BCUT2D eigenvalue weighted by molar-refractivity contribution is 6.32. The lowest BCUT2D eigenvalue weighted by Gasteiger charge is -2.13. The fourth-order valence-electron chi connectivity index (χ4n) is 3.18. The number of nitrogens with zero attached hydrogens (tertiary/aromatic N) is 4. The van der Waals surface area contributed by atoms with Crippen molar-refractivity contribution in [2.24, 2.45) is 4.99 Å². The standard InChI is InChI=1S/C25H25ClN6O2/c1-3-12-33-25(27-2)32-17-7-9-22-20(13-17)24(30-16-29-22)31-18-8-10-23(21(26)14-18)34-15-19-6-4-5-11-28-19/h4-11,13-14,16H,3,12,15H2,1-2H3,(H,27,32)(H,29,30,31). The van der Waals surface area contributed by atoms with Gasteiger partial charge in [0.25, 0.3) is 6.02 Å². The molecule has 0 radical (unpaired) electrons. The quantitative estimate of drug-likeness (QED) is 0.244. The molecule has 4 aromatic rings. The van der Waals surface area contributed by atoms with E-state index in [9.17, 15) is 0 Å². The number of fused-ring (bicyclic) bond motifs is 1. The second-order valence-electron chi connectivity index (χ2n) is 7.34. The molecule has 0 aliphatic rings. The van der Waals surface area contributed by atoms with Gasteiger partial charge in [-0.25, -0.2) is 15.0 Å². The normalized spacial score (nSPS) is 11.3. The number of benzene rings is 2. The average molecular weight is 477 g/mol. The average Bonchev–Trinajstić information content (AvgIpc) is 2.87. The number of ether oxygens (including phenoxy) is 2. The van der Waals surface area contributed by atoms with Gasteiger partial charge in [0.1, 0.15) is 24.5 Å². The zero-order chi connectivity index (χ0) is 23.8. The number of hydrogen-bond acceptors (Lipinski definition) is 7. The van der Waals surface area contributed by atoms with E-state index in [2.05, 4.69) is 30.6 Å². The highest BCUT2D eigenvalue weighted by Gasteiger charge is 2.09. The van der Waals surface area contributed by atoms with Crippen LogP contribution in [0.1, 0.15) is 19.0 Å². The monoisotopic (exact) mass is 476 g/mol. The van der Waals surface area contributed by atoms with Crippen LogP contribution in [0.25, 0.3) is 10.9 Å². The molecule has 4 rings (SSSR count). The third-order valence-corrected chi connectivity index (χ3v) is 5.12. The van der Waals surface area contributed by atoms with Gasteiger partial charge in [0.05, 0.1) is 22.8 Å². The number of aliphatic imine (C=N–C) groups is 1. The summed E-state index contributed by atoms with van der Waals surface area (Å²) in [5.74, 6) is 1.23. The Morgan fingerprint density at radius 1 is 1.03 bits per heavy atom. The molecule has 0 spiro atoms. The third kappa shape index (κ3) is 5.90. The molecule has 0 aliphatic heterocycles. The molecule has 9 heteroatoms. The van der Waals surface area contributed by atoms with E-state index in [1.54, 1.807) is 19.3 Å². The molecule has 2 N–H and O–H groups in total. The summed E-state index contributed by atoms with van der Waals surface area (Å²) in [7, 11) is 1.68. The van der Waals surface area contributed by atoms with Crippen molar-refractivity contribution in [2.75, 3.05) is 24.3 Å². The highest BCUT2D eigenvalue weighted by atomic mass is 35.5. The van der Waals surface area contributed by atoms with Gasteiger partial charge >= 0.3 is 0 Å². The minimum atomic E-state index is 0.338. The van der Waals surface area contributed by atoms with E-state index in [-0.39, 0.29) is 0 Å². The van der Waals surface area contributed by atoms with Crippen LogP contribution in [-0.4, -0.2) is 34.6 Å². The molecule has 2 heterocycles. The van der Waals surface area contributed by atoms with Crippen LogP contribution in [0.3, 0.4) is 0 Å². The predicted molar refractivity (Wildman–Crippen MR) is 136 cm³/mol. The summed E-state index contributed by atoms with van der Waals surface area (Å²) in [5, 5.41) is 7.84. The number of pyridine rings is 1. The van der Waals surface area contributed by atoms with Crippen LogP contribution >= 0.6 is 11.6 Å². The van der Waals surface area contributed by atoms with Crippen molar-refractivity contribution < 1.29 is 9.47 Å². The van der Waals surface area contributed by atoms with Crippen LogP contribution in [-0.2, 0) is 11.3 Å². The molecule has 0 bridgehead atoms. The van der Waals surface area contributed by atoms with Crippen molar-refractivity contribution >= 4 is 45.7 Å². The molecule has 0 amide bonds. The Bertz CT molecular complexity index is 1280.